The zero-order valence-corrected chi connectivity index (χ0v) is 6.50. The minimum atomic E-state index is -0.284. The molecule has 0 bridgehead atoms. The van der Waals surface area contributed by atoms with E-state index in [1.165, 1.54) is 12.1 Å². The summed E-state index contributed by atoms with van der Waals surface area (Å²) in [6.07, 6.45) is 1.61. The largest absolute Gasteiger partial charge is 0.468 e. The Kier molecular flexibility index (Phi) is 4.28. The zero-order valence-electron chi connectivity index (χ0n) is 6.50. The second-order valence-electron chi connectivity index (χ2n) is 1.77. The highest BCUT2D eigenvalue weighted by Crippen LogP contribution is 1.83. The number of hydrazone groups is 1. The maximum Gasteiger partial charge on any atom is 0.327 e. The van der Waals surface area contributed by atoms with Crippen LogP contribution in [0, 0.1) is 0 Å². The summed E-state index contributed by atoms with van der Waals surface area (Å²) in [5, 5.41) is 5.33. The van der Waals surface area contributed by atoms with E-state index in [-0.39, 0.29) is 12.5 Å². The lowest BCUT2D eigenvalue weighted by atomic mass is 10.6. The number of likely N-dealkylation sites (N-methyl/N-ethyl adjacent to an activating group) is 1. The summed E-state index contributed by atoms with van der Waals surface area (Å²) in [5.41, 5.74) is 0. The molecule has 0 fully saturated rings. The summed E-state index contributed by atoms with van der Waals surface area (Å²) in [6.45, 7) is 1.98. The van der Waals surface area contributed by atoms with Crippen molar-refractivity contribution in [2.24, 2.45) is 5.10 Å². The molecule has 0 N–H and O–H groups in total. The monoisotopic (exact) mass is 144 g/mol. The fourth-order valence-electron chi connectivity index (χ4n) is 0.489. The molecule has 0 aromatic heterocycles. The molecule has 0 rings (SSSR count). The average Bonchev–Trinajstić information content (AvgIpc) is 1.88. The van der Waals surface area contributed by atoms with Crippen molar-refractivity contribution in [3.8, 4) is 0 Å². The number of nitrogens with zero attached hydrogens (tertiary/aromatic N) is 2. The molecule has 0 saturated carbocycles. The predicted octanol–water partition coefficient (Wildman–Crippen LogP) is 0.0969. The van der Waals surface area contributed by atoms with Crippen LogP contribution in [0.3, 0.4) is 0 Å². The Bertz CT molecular complexity index is 134. The van der Waals surface area contributed by atoms with Crippen molar-refractivity contribution in [1.29, 1.82) is 0 Å². The van der Waals surface area contributed by atoms with E-state index in [0.717, 1.165) is 0 Å². The number of carbonyl (C=O) groups excluding carboxylic acids is 1. The highest BCUT2D eigenvalue weighted by atomic mass is 16.5. The molecule has 58 valence electrons. The quantitative estimate of drug-likeness (QED) is 0.320. The van der Waals surface area contributed by atoms with Crippen LogP contribution in [0.4, 0.5) is 0 Å². The van der Waals surface area contributed by atoms with Crippen molar-refractivity contribution >= 4 is 12.2 Å². The standard InChI is InChI=1S/C6H12N2O2/c1-4-7-8(2)5-6(9)10-3/h4H,5H2,1-3H3. The zero-order chi connectivity index (χ0) is 7.98. The fraction of sp³-hybridized carbons (Fsp3) is 0.667. The number of methoxy groups -OCH3 is 1. The minimum Gasteiger partial charge on any atom is -0.468 e. The van der Waals surface area contributed by atoms with Crippen molar-refractivity contribution < 1.29 is 9.53 Å². The number of esters is 1. The summed E-state index contributed by atoms with van der Waals surface area (Å²) >= 11 is 0. The van der Waals surface area contributed by atoms with Gasteiger partial charge in [-0.15, -0.1) is 0 Å². The van der Waals surface area contributed by atoms with Crippen LogP contribution >= 0.6 is 0 Å². The van der Waals surface area contributed by atoms with Gasteiger partial charge in [0.05, 0.1) is 7.11 Å². The third-order valence-electron chi connectivity index (χ3n) is 0.898. The Hall–Kier alpha value is -1.06. The highest BCUT2D eigenvalue weighted by molar-refractivity contribution is 5.71. The van der Waals surface area contributed by atoms with Gasteiger partial charge in [-0.05, 0) is 6.92 Å². The molecule has 0 aliphatic carbocycles. The highest BCUT2D eigenvalue weighted by Gasteiger charge is 2.01. The van der Waals surface area contributed by atoms with Gasteiger partial charge in [0.25, 0.3) is 0 Å². The van der Waals surface area contributed by atoms with E-state index in [1.54, 1.807) is 20.2 Å². The van der Waals surface area contributed by atoms with Crippen LogP contribution in [0.5, 0.6) is 0 Å². The number of rotatable bonds is 3. The molecule has 0 amide bonds. The van der Waals surface area contributed by atoms with Crippen LogP contribution in [0.25, 0.3) is 0 Å². The molecule has 10 heavy (non-hydrogen) atoms. The van der Waals surface area contributed by atoms with E-state index in [0.29, 0.717) is 0 Å². The molecule has 0 atom stereocenters. The molecule has 0 unspecified atom stereocenters. The van der Waals surface area contributed by atoms with Gasteiger partial charge >= 0.3 is 5.97 Å². The third-order valence-corrected chi connectivity index (χ3v) is 0.898. The average molecular weight is 144 g/mol. The number of hydrogen-bond acceptors (Lipinski definition) is 4. The third kappa shape index (κ3) is 3.88. The molecule has 0 aromatic rings. The summed E-state index contributed by atoms with van der Waals surface area (Å²) < 4.78 is 4.41. The second-order valence-corrected chi connectivity index (χ2v) is 1.77. The Morgan fingerprint density at radius 3 is 2.80 bits per heavy atom. The molecule has 0 radical (unpaired) electrons. The van der Waals surface area contributed by atoms with E-state index in [9.17, 15) is 4.79 Å². The summed E-state index contributed by atoms with van der Waals surface area (Å²) in [5.74, 6) is -0.284. The Balaban J connectivity index is 3.57. The van der Waals surface area contributed by atoms with Gasteiger partial charge in [0.15, 0.2) is 0 Å². The Morgan fingerprint density at radius 2 is 2.40 bits per heavy atom. The van der Waals surface area contributed by atoms with Crippen molar-refractivity contribution in [2.45, 2.75) is 6.92 Å². The normalized spacial score (nSPS) is 9.90. The first-order valence-corrected chi connectivity index (χ1v) is 2.97. The summed E-state index contributed by atoms with van der Waals surface area (Å²) in [7, 11) is 3.06. The van der Waals surface area contributed by atoms with Gasteiger partial charge in [0.2, 0.25) is 0 Å². The van der Waals surface area contributed by atoms with Gasteiger partial charge < -0.3 is 4.74 Å². The molecule has 0 aromatic carbocycles. The molecular formula is C6H12N2O2. The van der Waals surface area contributed by atoms with Gasteiger partial charge in [-0.2, -0.15) is 5.10 Å². The molecular weight excluding hydrogens is 132 g/mol. The SMILES string of the molecule is CC=NN(C)CC(=O)OC. The molecule has 0 aliphatic rings. The van der Waals surface area contributed by atoms with E-state index in [4.69, 9.17) is 0 Å². The van der Waals surface area contributed by atoms with Crippen molar-refractivity contribution in [3.63, 3.8) is 0 Å². The second kappa shape index (κ2) is 4.78. The lowest BCUT2D eigenvalue weighted by molar-refractivity contribution is -0.141. The summed E-state index contributed by atoms with van der Waals surface area (Å²) in [4.78, 5) is 10.6. The van der Waals surface area contributed by atoms with Gasteiger partial charge in [0.1, 0.15) is 6.54 Å². The van der Waals surface area contributed by atoms with Crippen molar-refractivity contribution in [2.75, 3.05) is 20.7 Å². The van der Waals surface area contributed by atoms with E-state index < -0.39 is 0 Å². The van der Waals surface area contributed by atoms with E-state index in [1.807, 2.05) is 0 Å². The predicted molar refractivity (Wildman–Crippen MR) is 38.8 cm³/mol. The van der Waals surface area contributed by atoms with E-state index >= 15 is 0 Å². The van der Waals surface area contributed by atoms with Crippen LogP contribution in [0.15, 0.2) is 5.10 Å². The van der Waals surface area contributed by atoms with Crippen LogP contribution in [-0.4, -0.2) is 37.9 Å². The Morgan fingerprint density at radius 1 is 1.80 bits per heavy atom. The topological polar surface area (TPSA) is 41.9 Å². The van der Waals surface area contributed by atoms with Crippen LogP contribution in [0.1, 0.15) is 6.92 Å². The van der Waals surface area contributed by atoms with Gasteiger partial charge in [-0.3, -0.25) is 9.80 Å². The molecule has 0 heterocycles. The maximum absolute atomic E-state index is 10.6. The van der Waals surface area contributed by atoms with Gasteiger partial charge in [0, 0.05) is 13.3 Å². The van der Waals surface area contributed by atoms with Crippen molar-refractivity contribution in [1.82, 2.24) is 5.01 Å². The van der Waals surface area contributed by atoms with Gasteiger partial charge in [-0.25, -0.2) is 0 Å². The molecule has 0 spiro atoms. The van der Waals surface area contributed by atoms with Crippen LogP contribution < -0.4 is 0 Å². The fourth-order valence-corrected chi connectivity index (χ4v) is 0.489. The molecule has 4 heteroatoms. The number of hydrogen-bond donors (Lipinski definition) is 0. The first-order valence-electron chi connectivity index (χ1n) is 2.97. The first kappa shape index (κ1) is 8.94. The Labute approximate surface area is 60.5 Å². The van der Waals surface area contributed by atoms with Crippen LogP contribution in [-0.2, 0) is 9.53 Å². The number of ether oxygens (including phenoxy) is 1. The first-order chi connectivity index (χ1) is 4.70. The molecule has 0 aliphatic heterocycles. The lowest BCUT2D eigenvalue weighted by Crippen LogP contribution is -2.21. The van der Waals surface area contributed by atoms with Crippen molar-refractivity contribution in [3.05, 3.63) is 0 Å². The molecule has 4 nitrogen and oxygen atoms in total. The van der Waals surface area contributed by atoms with Crippen LogP contribution in [0.2, 0.25) is 0 Å². The number of carbonyl (C=O) groups is 1. The lowest BCUT2D eigenvalue weighted by Gasteiger charge is -2.09. The van der Waals surface area contributed by atoms with Gasteiger partial charge in [-0.1, -0.05) is 0 Å². The maximum atomic E-state index is 10.6. The van der Waals surface area contributed by atoms with E-state index in [2.05, 4.69) is 9.84 Å². The smallest absolute Gasteiger partial charge is 0.327 e. The minimum absolute atomic E-state index is 0.195. The summed E-state index contributed by atoms with van der Waals surface area (Å²) in [6, 6.07) is 0. The molecule has 0 saturated heterocycles.